The van der Waals surface area contributed by atoms with Crippen LogP contribution in [0, 0.1) is 0 Å². The fraction of sp³-hybridized carbons (Fsp3) is 0.217. The second-order valence-electron chi connectivity index (χ2n) is 7.09. The molecule has 3 N–H and O–H groups in total. The lowest BCUT2D eigenvalue weighted by Crippen LogP contribution is -2.21. The van der Waals surface area contributed by atoms with Crippen molar-refractivity contribution in [1.82, 2.24) is 18.9 Å². The largest absolute Gasteiger partial charge is 0.396 e. The van der Waals surface area contributed by atoms with Gasteiger partial charge >= 0.3 is 0 Å². The third-order valence-electron chi connectivity index (χ3n) is 4.77. The lowest BCUT2D eigenvalue weighted by Gasteiger charge is -2.19. The van der Waals surface area contributed by atoms with Gasteiger partial charge in [0.2, 0.25) is 0 Å². The highest BCUT2D eigenvalue weighted by molar-refractivity contribution is 9.10. The van der Waals surface area contributed by atoms with Gasteiger partial charge in [-0.15, -0.1) is 0 Å². The Labute approximate surface area is 199 Å². The molecule has 2 aromatic heterocycles. The molecule has 2 aromatic carbocycles. The Kier molecular flexibility index (Phi) is 7.77. The Morgan fingerprint density at radius 2 is 1.78 bits per heavy atom. The Bertz CT molecular complexity index is 1150. The summed E-state index contributed by atoms with van der Waals surface area (Å²) in [6.45, 7) is 1.49. The number of aliphatic hydroxyl groups is 2. The number of aromatic nitrogens is 3. The quantitative estimate of drug-likeness (QED) is 0.267. The Morgan fingerprint density at radius 3 is 2.50 bits per heavy atom. The number of hydrogen-bond donors (Lipinski definition) is 3. The molecular weight excluding hydrogens is 490 g/mol. The molecule has 166 valence electrons. The minimum absolute atomic E-state index is 0.0826. The van der Waals surface area contributed by atoms with Gasteiger partial charge in [0.25, 0.3) is 0 Å². The van der Waals surface area contributed by atoms with E-state index in [1.807, 2.05) is 60.7 Å². The van der Waals surface area contributed by atoms with Crippen LogP contribution in [-0.4, -0.2) is 55.4 Å². The van der Waals surface area contributed by atoms with Crippen molar-refractivity contribution in [3.05, 3.63) is 71.3 Å². The molecule has 0 saturated carbocycles. The molecule has 0 saturated heterocycles. The highest BCUT2D eigenvalue weighted by atomic mass is 79.9. The Balaban J connectivity index is 1.57. The maximum absolute atomic E-state index is 9.27. The zero-order valence-corrected chi connectivity index (χ0v) is 19.8. The van der Waals surface area contributed by atoms with Gasteiger partial charge < -0.3 is 15.5 Å². The first-order valence-electron chi connectivity index (χ1n) is 10.3. The zero-order chi connectivity index (χ0) is 22.3. The molecule has 2 heterocycles. The van der Waals surface area contributed by atoms with E-state index < -0.39 is 0 Å². The molecule has 0 amide bonds. The smallest absolute Gasteiger partial charge is 0.172 e. The normalized spacial score (nSPS) is 11.4. The molecule has 0 atom stereocenters. The summed E-state index contributed by atoms with van der Waals surface area (Å²) in [5, 5.41) is 26.2. The summed E-state index contributed by atoms with van der Waals surface area (Å²) in [5.41, 5.74) is 3.56. The number of anilines is 2. The van der Waals surface area contributed by atoms with Gasteiger partial charge in [-0.1, -0.05) is 30.3 Å². The van der Waals surface area contributed by atoms with Gasteiger partial charge in [-0.3, -0.25) is 0 Å². The molecule has 0 aliphatic carbocycles. The molecule has 0 aliphatic heterocycles. The molecule has 0 fully saturated rings. The third kappa shape index (κ3) is 5.48. The molecule has 4 aromatic rings. The van der Waals surface area contributed by atoms with Crippen molar-refractivity contribution in [1.29, 1.82) is 0 Å². The number of halogens is 1. The van der Waals surface area contributed by atoms with Gasteiger partial charge in [0, 0.05) is 41.9 Å². The maximum atomic E-state index is 9.27. The van der Waals surface area contributed by atoms with Gasteiger partial charge in [0.1, 0.15) is 5.82 Å². The molecule has 0 unspecified atom stereocenters. The topological polar surface area (TPSA) is 85.9 Å². The van der Waals surface area contributed by atoms with Crippen molar-refractivity contribution in [2.75, 3.05) is 31.6 Å². The van der Waals surface area contributed by atoms with E-state index >= 15 is 0 Å². The van der Waals surface area contributed by atoms with Crippen LogP contribution in [0.5, 0.6) is 0 Å². The van der Waals surface area contributed by atoms with Crippen LogP contribution in [0.15, 0.2) is 76.2 Å². The summed E-state index contributed by atoms with van der Waals surface area (Å²) in [7, 11) is 0. The number of benzene rings is 2. The highest BCUT2D eigenvalue weighted by Gasteiger charge is 2.12. The summed E-state index contributed by atoms with van der Waals surface area (Å²) >= 11 is 5.12. The first-order chi connectivity index (χ1) is 15.7. The van der Waals surface area contributed by atoms with E-state index in [-0.39, 0.29) is 13.2 Å². The molecule has 0 aliphatic rings. The molecule has 7 nitrogen and oxygen atoms in total. The van der Waals surface area contributed by atoms with E-state index in [2.05, 4.69) is 30.7 Å². The van der Waals surface area contributed by atoms with E-state index in [9.17, 15) is 5.11 Å². The Morgan fingerprint density at radius 1 is 1.00 bits per heavy atom. The van der Waals surface area contributed by atoms with Gasteiger partial charge in [-0.2, -0.15) is 9.61 Å². The Hall–Kier alpha value is -2.43. The first-order valence-corrected chi connectivity index (χ1v) is 11.9. The summed E-state index contributed by atoms with van der Waals surface area (Å²) < 4.78 is 4.66. The zero-order valence-electron chi connectivity index (χ0n) is 17.4. The number of rotatable bonds is 10. The van der Waals surface area contributed by atoms with Gasteiger partial charge in [-0.05, 0) is 58.6 Å². The monoisotopic (exact) mass is 513 g/mol. The van der Waals surface area contributed by atoms with Gasteiger partial charge in [-0.25, -0.2) is 9.29 Å². The molecule has 32 heavy (non-hydrogen) atoms. The van der Waals surface area contributed by atoms with E-state index in [0.717, 1.165) is 37.8 Å². The van der Waals surface area contributed by atoms with Crippen LogP contribution < -0.4 is 5.32 Å². The fourth-order valence-electron chi connectivity index (χ4n) is 3.24. The number of hydrogen-bond acceptors (Lipinski definition) is 7. The molecule has 9 heteroatoms. The van der Waals surface area contributed by atoms with Gasteiger partial charge in [0.05, 0.1) is 23.0 Å². The fourth-order valence-corrected chi connectivity index (χ4v) is 4.54. The first kappa shape index (κ1) is 22.8. The summed E-state index contributed by atoms with van der Waals surface area (Å²) in [5.74, 6) is 0.810. The third-order valence-corrected chi connectivity index (χ3v) is 6.44. The molecule has 0 spiro atoms. The van der Waals surface area contributed by atoms with Crippen LogP contribution in [0.3, 0.4) is 0 Å². The lowest BCUT2D eigenvalue weighted by atomic mass is 10.1. The minimum atomic E-state index is 0.0826. The van der Waals surface area contributed by atoms with E-state index in [0.29, 0.717) is 19.5 Å². The van der Waals surface area contributed by atoms with Crippen LogP contribution in [-0.2, 0) is 0 Å². The second kappa shape index (κ2) is 10.9. The van der Waals surface area contributed by atoms with E-state index in [4.69, 9.17) is 10.1 Å². The van der Waals surface area contributed by atoms with Crippen LogP contribution in [0.4, 0.5) is 11.5 Å². The highest BCUT2D eigenvalue weighted by Crippen LogP contribution is 2.29. The molecular formula is C23H24BrN5O2S. The average Bonchev–Trinajstić information content (AvgIpc) is 3.20. The minimum Gasteiger partial charge on any atom is -0.396 e. The standard InChI is InChI=1S/C23H24BrN5O2S/c24-20-16-25-29-22(15-21(27-23(20)29)17-5-2-1-3-6-17)26-18-7-9-19(10-8-18)32-28(12-14-31)11-4-13-30/h1-3,5-10,15-16,26,30-31H,4,11-14H2. The average molecular weight is 514 g/mol. The van der Waals surface area contributed by atoms with E-state index in [1.165, 1.54) is 0 Å². The van der Waals surface area contributed by atoms with Gasteiger partial charge in [0.15, 0.2) is 5.65 Å². The number of nitrogens with zero attached hydrogens (tertiary/aromatic N) is 4. The van der Waals surface area contributed by atoms with Crippen molar-refractivity contribution < 1.29 is 10.2 Å². The molecule has 0 bridgehead atoms. The van der Waals surface area contributed by atoms with Crippen LogP contribution in [0.2, 0.25) is 0 Å². The molecule has 0 radical (unpaired) electrons. The van der Waals surface area contributed by atoms with Crippen LogP contribution >= 0.6 is 27.9 Å². The van der Waals surface area contributed by atoms with Crippen molar-refractivity contribution >= 4 is 45.0 Å². The lowest BCUT2D eigenvalue weighted by molar-refractivity contribution is 0.241. The predicted molar refractivity (Wildman–Crippen MR) is 132 cm³/mol. The second-order valence-corrected chi connectivity index (χ2v) is 9.12. The molecule has 4 rings (SSSR count). The number of fused-ring (bicyclic) bond motifs is 1. The van der Waals surface area contributed by atoms with E-state index in [1.54, 1.807) is 22.7 Å². The summed E-state index contributed by atoms with van der Waals surface area (Å²) in [6, 6.07) is 20.1. The van der Waals surface area contributed by atoms with Crippen molar-refractivity contribution in [3.63, 3.8) is 0 Å². The van der Waals surface area contributed by atoms with Crippen molar-refractivity contribution in [2.45, 2.75) is 11.3 Å². The summed E-state index contributed by atoms with van der Waals surface area (Å²) in [6.07, 6.45) is 2.41. The van der Waals surface area contributed by atoms with Crippen LogP contribution in [0.1, 0.15) is 6.42 Å². The van der Waals surface area contributed by atoms with Crippen molar-refractivity contribution in [3.8, 4) is 11.3 Å². The summed E-state index contributed by atoms with van der Waals surface area (Å²) in [4.78, 5) is 5.83. The SMILES string of the molecule is OCCCN(CCO)Sc1ccc(Nc2cc(-c3ccccc3)nc3c(Br)cnn23)cc1. The van der Waals surface area contributed by atoms with Crippen molar-refractivity contribution in [2.24, 2.45) is 0 Å². The van der Waals surface area contributed by atoms with Crippen LogP contribution in [0.25, 0.3) is 16.9 Å². The number of aliphatic hydroxyl groups excluding tert-OH is 2. The maximum Gasteiger partial charge on any atom is 0.172 e. The number of nitrogens with one attached hydrogen (secondary N) is 1. The predicted octanol–water partition coefficient (Wildman–Crippen LogP) is 4.59.